The second-order valence-corrected chi connectivity index (χ2v) is 5.81. The van der Waals surface area contributed by atoms with Gasteiger partial charge in [0.25, 0.3) is 0 Å². The van der Waals surface area contributed by atoms with E-state index in [1.165, 1.54) is 6.07 Å². The maximum atomic E-state index is 13.3. The lowest BCUT2D eigenvalue weighted by molar-refractivity contribution is -0.136. The molecule has 1 heterocycles. The first-order valence-electron chi connectivity index (χ1n) is 7.38. The quantitative estimate of drug-likeness (QED) is 0.818. The first-order chi connectivity index (χ1) is 10.4. The molecule has 0 saturated carbocycles. The number of rotatable bonds is 2. The van der Waals surface area contributed by atoms with Crippen molar-refractivity contribution in [1.82, 2.24) is 4.90 Å². The van der Waals surface area contributed by atoms with Crippen molar-refractivity contribution in [3.63, 3.8) is 0 Å². The summed E-state index contributed by atoms with van der Waals surface area (Å²) in [5, 5.41) is 0.769. The minimum absolute atomic E-state index is 0.0153. The van der Waals surface area contributed by atoms with Crippen LogP contribution in [0, 0.1) is 0 Å². The number of hydrogen-bond acceptors (Lipinski definition) is 2. The Hall–Kier alpha value is -1.75. The van der Waals surface area contributed by atoms with E-state index in [0.717, 1.165) is 32.0 Å². The molecule has 118 valence electrons. The highest BCUT2D eigenvalue weighted by Gasteiger charge is 2.33. The molecule has 1 aliphatic rings. The maximum Gasteiger partial charge on any atom is 0.417 e. The zero-order valence-corrected chi connectivity index (χ0v) is 12.4. The van der Waals surface area contributed by atoms with Crippen molar-refractivity contribution in [1.29, 1.82) is 0 Å². The average Bonchev–Trinajstić information content (AvgIpc) is 2.48. The number of benzene rings is 2. The highest BCUT2D eigenvalue weighted by atomic mass is 19.4. The van der Waals surface area contributed by atoms with E-state index >= 15 is 0 Å². The van der Waals surface area contributed by atoms with Crippen LogP contribution in [0.4, 0.5) is 13.2 Å². The van der Waals surface area contributed by atoms with Crippen molar-refractivity contribution in [2.75, 3.05) is 20.1 Å². The van der Waals surface area contributed by atoms with Crippen LogP contribution in [-0.2, 0) is 6.18 Å². The van der Waals surface area contributed by atoms with E-state index in [4.69, 9.17) is 4.74 Å². The molecule has 2 aromatic carbocycles. The van der Waals surface area contributed by atoms with Crippen molar-refractivity contribution in [3.8, 4) is 5.75 Å². The SMILES string of the molecule is CN1CCC(Oc2cc(C(F)(F)F)c3ccccc3c2)CC1. The van der Waals surface area contributed by atoms with Gasteiger partial charge in [0.1, 0.15) is 11.9 Å². The van der Waals surface area contributed by atoms with Crippen molar-refractivity contribution in [3.05, 3.63) is 42.0 Å². The predicted molar refractivity (Wildman–Crippen MR) is 80.1 cm³/mol. The Balaban J connectivity index is 1.93. The normalized spacial score (nSPS) is 17.8. The molecule has 0 radical (unpaired) electrons. The van der Waals surface area contributed by atoms with Crippen LogP contribution in [0.5, 0.6) is 5.75 Å². The molecule has 3 rings (SSSR count). The Labute approximate surface area is 127 Å². The van der Waals surface area contributed by atoms with Crippen LogP contribution < -0.4 is 4.74 Å². The zero-order valence-electron chi connectivity index (χ0n) is 12.4. The van der Waals surface area contributed by atoms with E-state index in [0.29, 0.717) is 11.1 Å². The first kappa shape index (κ1) is 15.2. The fourth-order valence-electron chi connectivity index (χ4n) is 2.88. The monoisotopic (exact) mass is 309 g/mol. The lowest BCUT2D eigenvalue weighted by Crippen LogP contribution is -2.35. The third-order valence-corrected chi connectivity index (χ3v) is 4.11. The zero-order chi connectivity index (χ0) is 15.7. The van der Waals surface area contributed by atoms with Crippen LogP contribution in [0.1, 0.15) is 18.4 Å². The molecule has 0 aliphatic carbocycles. The largest absolute Gasteiger partial charge is 0.490 e. The standard InChI is InChI=1S/C17H18F3NO/c1-21-8-6-13(7-9-21)22-14-10-12-4-2-3-5-15(12)16(11-14)17(18,19)20/h2-5,10-11,13H,6-9H2,1H3. The molecule has 1 fully saturated rings. The molecule has 0 amide bonds. The minimum Gasteiger partial charge on any atom is -0.490 e. The molecule has 22 heavy (non-hydrogen) atoms. The van der Waals surface area contributed by atoms with Crippen LogP contribution in [0.3, 0.4) is 0 Å². The van der Waals surface area contributed by atoms with Gasteiger partial charge in [-0.05, 0) is 42.8 Å². The lowest BCUT2D eigenvalue weighted by Gasteiger charge is -2.29. The molecule has 5 heteroatoms. The topological polar surface area (TPSA) is 12.5 Å². The Morgan fingerprint density at radius 3 is 2.45 bits per heavy atom. The number of piperidine rings is 1. The van der Waals surface area contributed by atoms with Gasteiger partial charge in [0, 0.05) is 13.1 Å². The van der Waals surface area contributed by atoms with Gasteiger partial charge in [-0.2, -0.15) is 13.2 Å². The summed E-state index contributed by atoms with van der Waals surface area (Å²) >= 11 is 0. The van der Waals surface area contributed by atoms with Crippen molar-refractivity contribution < 1.29 is 17.9 Å². The third-order valence-electron chi connectivity index (χ3n) is 4.11. The van der Waals surface area contributed by atoms with Crippen molar-refractivity contribution in [2.24, 2.45) is 0 Å². The van der Waals surface area contributed by atoms with Gasteiger partial charge < -0.3 is 9.64 Å². The second-order valence-electron chi connectivity index (χ2n) is 5.81. The average molecular weight is 309 g/mol. The molecule has 1 aliphatic heterocycles. The van der Waals surface area contributed by atoms with Crippen LogP contribution in [0.25, 0.3) is 10.8 Å². The molecular formula is C17H18F3NO. The summed E-state index contributed by atoms with van der Waals surface area (Å²) < 4.78 is 45.6. The van der Waals surface area contributed by atoms with Crippen molar-refractivity contribution >= 4 is 10.8 Å². The predicted octanol–water partition coefficient (Wildman–Crippen LogP) is 4.33. The van der Waals surface area contributed by atoms with Gasteiger partial charge in [-0.25, -0.2) is 0 Å². The fraction of sp³-hybridized carbons (Fsp3) is 0.412. The molecule has 0 aromatic heterocycles. The number of ether oxygens (including phenoxy) is 1. The number of nitrogens with zero attached hydrogens (tertiary/aromatic N) is 1. The summed E-state index contributed by atoms with van der Waals surface area (Å²) in [5.41, 5.74) is -0.631. The summed E-state index contributed by atoms with van der Waals surface area (Å²) in [7, 11) is 2.04. The molecule has 2 nitrogen and oxygen atoms in total. The van der Waals surface area contributed by atoms with E-state index in [-0.39, 0.29) is 11.5 Å². The van der Waals surface area contributed by atoms with Gasteiger partial charge in [-0.15, -0.1) is 0 Å². The van der Waals surface area contributed by atoms with Crippen molar-refractivity contribution in [2.45, 2.75) is 25.1 Å². The van der Waals surface area contributed by atoms with Crippen LogP contribution >= 0.6 is 0 Å². The Morgan fingerprint density at radius 1 is 1.09 bits per heavy atom. The number of likely N-dealkylation sites (tertiary alicyclic amines) is 1. The van der Waals surface area contributed by atoms with Gasteiger partial charge in [0.15, 0.2) is 0 Å². The van der Waals surface area contributed by atoms with Gasteiger partial charge in [0.05, 0.1) is 5.56 Å². The van der Waals surface area contributed by atoms with E-state index < -0.39 is 11.7 Å². The van der Waals surface area contributed by atoms with E-state index in [2.05, 4.69) is 4.90 Å². The Bertz CT molecular complexity index is 660. The Kier molecular flexibility index (Phi) is 4.00. The molecule has 2 aromatic rings. The summed E-state index contributed by atoms with van der Waals surface area (Å²) in [6.45, 7) is 1.81. The van der Waals surface area contributed by atoms with Gasteiger partial charge in [-0.3, -0.25) is 0 Å². The Morgan fingerprint density at radius 2 is 1.77 bits per heavy atom. The van der Waals surface area contributed by atoms with Gasteiger partial charge in [0.2, 0.25) is 0 Å². The molecule has 0 N–H and O–H groups in total. The molecule has 0 bridgehead atoms. The van der Waals surface area contributed by atoms with E-state index in [1.54, 1.807) is 24.3 Å². The van der Waals surface area contributed by atoms with Crippen LogP contribution in [0.2, 0.25) is 0 Å². The summed E-state index contributed by atoms with van der Waals surface area (Å²) in [5.74, 6) is 0.306. The number of fused-ring (bicyclic) bond motifs is 1. The second kappa shape index (κ2) is 5.80. The first-order valence-corrected chi connectivity index (χ1v) is 7.38. The summed E-state index contributed by atoms with van der Waals surface area (Å²) in [4.78, 5) is 2.20. The van der Waals surface area contributed by atoms with E-state index in [1.807, 2.05) is 7.05 Å². The molecule has 1 saturated heterocycles. The highest BCUT2D eigenvalue weighted by molar-refractivity contribution is 5.87. The fourth-order valence-corrected chi connectivity index (χ4v) is 2.88. The highest BCUT2D eigenvalue weighted by Crippen LogP contribution is 2.38. The smallest absolute Gasteiger partial charge is 0.417 e. The number of alkyl halides is 3. The van der Waals surface area contributed by atoms with Crippen LogP contribution in [0.15, 0.2) is 36.4 Å². The molecular weight excluding hydrogens is 291 g/mol. The lowest BCUT2D eigenvalue weighted by atomic mass is 10.0. The maximum absolute atomic E-state index is 13.3. The van der Waals surface area contributed by atoms with Crippen LogP contribution in [-0.4, -0.2) is 31.1 Å². The molecule has 0 spiro atoms. The van der Waals surface area contributed by atoms with Gasteiger partial charge >= 0.3 is 6.18 Å². The molecule has 0 atom stereocenters. The summed E-state index contributed by atoms with van der Waals surface area (Å²) in [6, 6.07) is 9.37. The molecule has 0 unspecified atom stereocenters. The number of hydrogen-bond donors (Lipinski definition) is 0. The van der Waals surface area contributed by atoms with E-state index in [9.17, 15) is 13.2 Å². The third kappa shape index (κ3) is 3.19. The minimum atomic E-state index is -4.38. The summed E-state index contributed by atoms with van der Waals surface area (Å²) in [6.07, 6.45) is -2.72. The number of halogens is 3. The van der Waals surface area contributed by atoms with Gasteiger partial charge in [-0.1, -0.05) is 24.3 Å².